The van der Waals surface area contributed by atoms with Crippen molar-refractivity contribution in [3.05, 3.63) is 35.4 Å². The van der Waals surface area contributed by atoms with Crippen LogP contribution in [-0.2, 0) is 0 Å². The van der Waals surface area contributed by atoms with E-state index in [1.165, 1.54) is 0 Å². The van der Waals surface area contributed by atoms with E-state index in [4.69, 9.17) is 5.73 Å². The summed E-state index contributed by atoms with van der Waals surface area (Å²) < 4.78 is 0. The highest BCUT2D eigenvalue weighted by molar-refractivity contribution is 5.99. The summed E-state index contributed by atoms with van der Waals surface area (Å²) >= 11 is 0. The van der Waals surface area contributed by atoms with Crippen LogP contribution in [0.15, 0.2) is 24.3 Å². The lowest BCUT2D eigenvalue weighted by molar-refractivity contribution is 0.0584. The Kier molecular flexibility index (Phi) is 5.77. The van der Waals surface area contributed by atoms with Crippen LogP contribution in [0, 0.1) is 0 Å². The van der Waals surface area contributed by atoms with Crippen molar-refractivity contribution in [2.24, 2.45) is 5.73 Å². The smallest absolute Gasteiger partial charge is 0.254 e. The van der Waals surface area contributed by atoms with Gasteiger partial charge in [0.25, 0.3) is 11.8 Å². The number of rotatable bonds is 4. The predicted molar refractivity (Wildman–Crippen MR) is 91.4 cm³/mol. The Labute approximate surface area is 138 Å². The van der Waals surface area contributed by atoms with Gasteiger partial charge in [0.2, 0.25) is 0 Å². The molecule has 2 unspecified atom stereocenters. The third kappa shape index (κ3) is 3.91. The standard InChI is InChI=1S/C18H27N3O2/c1-4-20(3)17(22)14-8-7-9-15(12-14)18(23)21-11-6-5-10-16(21)13(2)19/h7-9,12-13,16H,4-6,10-11,19H2,1-3H3. The molecule has 23 heavy (non-hydrogen) atoms. The molecule has 1 fully saturated rings. The van der Waals surface area contributed by atoms with E-state index in [-0.39, 0.29) is 23.9 Å². The molecule has 1 heterocycles. The monoisotopic (exact) mass is 317 g/mol. The maximum atomic E-state index is 12.9. The first-order chi connectivity index (χ1) is 11.0. The van der Waals surface area contributed by atoms with E-state index in [0.717, 1.165) is 25.8 Å². The summed E-state index contributed by atoms with van der Waals surface area (Å²) in [6.45, 7) is 5.24. The first-order valence-corrected chi connectivity index (χ1v) is 8.37. The molecule has 0 aromatic heterocycles. The molecule has 0 bridgehead atoms. The summed E-state index contributed by atoms with van der Waals surface area (Å²) in [5.74, 6) is -0.0923. The molecule has 0 spiro atoms. The number of piperidine rings is 1. The van der Waals surface area contributed by atoms with Gasteiger partial charge in [0.05, 0.1) is 0 Å². The van der Waals surface area contributed by atoms with Crippen molar-refractivity contribution in [1.29, 1.82) is 0 Å². The number of carbonyl (C=O) groups is 2. The van der Waals surface area contributed by atoms with Crippen molar-refractivity contribution in [2.75, 3.05) is 20.1 Å². The SMILES string of the molecule is CCN(C)C(=O)c1cccc(C(=O)N2CCCCC2C(C)N)c1. The Morgan fingerprint density at radius 1 is 1.35 bits per heavy atom. The normalized spacial score (nSPS) is 19.3. The van der Waals surface area contributed by atoms with E-state index in [0.29, 0.717) is 17.7 Å². The summed E-state index contributed by atoms with van der Waals surface area (Å²) in [4.78, 5) is 28.7. The summed E-state index contributed by atoms with van der Waals surface area (Å²) in [5, 5.41) is 0. The highest BCUT2D eigenvalue weighted by Gasteiger charge is 2.30. The molecule has 5 heteroatoms. The number of nitrogens with zero attached hydrogens (tertiary/aromatic N) is 2. The lowest BCUT2D eigenvalue weighted by Crippen LogP contribution is -2.51. The fraction of sp³-hybridized carbons (Fsp3) is 0.556. The van der Waals surface area contributed by atoms with Crippen LogP contribution in [0.5, 0.6) is 0 Å². The van der Waals surface area contributed by atoms with Gasteiger partial charge in [0, 0.05) is 43.3 Å². The number of nitrogens with two attached hydrogens (primary N) is 1. The number of benzene rings is 1. The third-order valence-electron chi connectivity index (χ3n) is 4.59. The van der Waals surface area contributed by atoms with Gasteiger partial charge in [-0.25, -0.2) is 0 Å². The fourth-order valence-corrected chi connectivity index (χ4v) is 3.07. The Morgan fingerprint density at radius 3 is 2.70 bits per heavy atom. The Morgan fingerprint density at radius 2 is 2.04 bits per heavy atom. The van der Waals surface area contributed by atoms with E-state index in [1.54, 1.807) is 36.2 Å². The van der Waals surface area contributed by atoms with Crippen molar-refractivity contribution >= 4 is 11.8 Å². The predicted octanol–water partition coefficient (Wildman–Crippen LogP) is 2.12. The fourth-order valence-electron chi connectivity index (χ4n) is 3.07. The van der Waals surface area contributed by atoms with Gasteiger partial charge in [-0.2, -0.15) is 0 Å². The van der Waals surface area contributed by atoms with E-state index in [9.17, 15) is 9.59 Å². The van der Waals surface area contributed by atoms with Crippen LogP contribution in [0.4, 0.5) is 0 Å². The number of hydrogen-bond acceptors (Lipinski definition) is 3. The van der Waals surface area contributed by atoms with Gasteiger partial charge in [0.1, 0.15) is 0 Å². The second-order valence-electron chi connectivity index (χ2n) is 6.32. The van der Waals surface area contributed by atoms with Crippen molar-refractivity contribution in [3.63, 3.8) is 0 Å². The quantitative estimate of drug-likeness (QED) is 0.925. The molecule has 2 rings (SSSR count). The molecule has 1 aliphatic rings. The van der Waals surface area contributed by atoms with Crippen molar-refractivity contribution in [3.8, 4) is 0 Å². The first-order valence-electron chi connectivity index (χ1n) is 8.37. The van der Waals surface area contributed by atoms with Crippen molar-refractivity contribution < 1.29 is 9.59 Å². The zero-order valence-electron chi connectivity index (χ0n) is 14.3. The van der Waals surface area contributed by atoms with Gasteiger partial charge >= 0.3 is 0 Å². The zero-order valence-corrected chi connectivity index (χ0v) is 14.3. The van der Waals surface area contributed by atoms with E-state index < -0.39 is 0 Å². The Hall–Kier alpha value is -1.88. The molecule has 1 aliphatic heterocycles. The molecule has 5 nitrogen and oxygen atoms in total. The number of hydrogen-bond donors (Lipinski definition) is 1. The van der Waals surface area contributed by atoms with Crippen LogP contribution in [0.25, 0.3) is 0 Å². The Bertz CT molecular complexity index is 571. The van der Waals surface area contributed by atoms with Gasteiger partial charge in [-0.05, 0) is 51.3 Å². The van der Waals surface area contributed by atoms with Gasteiger partial charge < -0.3 is 15.5 Å². The minimum Gasteiger partial charge on any atom is -0.342 e. The molecule has 2 N–H and O–H groups in total. The largest absolute Gasteiger partial charge is 0.342 e. The van der Waals surface area contributed by atoms with Gasteiger partial charge in [-0.3, -0.25) is 9.59 Å². The molecular formula is C18H27N3O2. The van der Waals surface area contributed by atoms with Crippen LogP contribution in [0.3, 0.4) is 0 Å². The summed E-state index contributed by atoms with van der Waals surface area (Å²) in [6, 6.07) is 7.03. The van der Waals surface area contributed by atoms with E-state index in [1.807, 2.05) is 18.7 Å². The van der Waals surface area contributed by atoms with Gasteiger partial charge in [0.15, 0.2) is 0 Å². The van der Waals surface area contributed by atoms with E-state index >= 15 is 0 Å². The number of carbonyl (C=O) groups excluding carboxylic acids is 2. The zero-order chi connectivity index (χ0) is 17.0. The summed E-state index contributed by atoms with van der Waals surface area (Å²) in [6.07, 6.45) is 3.06. The second-order valence-corrected chi connectivity index (χ2v) is 6.32. The van der Waals surface area contributed by atoms with Crippen molar-refractivity contribution in [2.45, 2.75) is 45.2 Å². The summed E-state index contributed by atoms with van der Waals surface area (Å²) in [5.41, 5.74) is 7.17. The molecule has 126 valence electrons. The molecular weight excluding hydrogens is 290 g/mol. The minimum atomic E-state index is -0.0652. The number of amides is 2. The van der Waals surface area contributed by atoms with Crippen molar-refractivity contribution in [1.82, 2.24) is 9.80 Å². The molecule has 1 saturated heterocycles. The van der Waals surface area contributed by atoms with Crippen LogP contribution in [-0.4, -0.2) is 53.8 Å². The highest BCUT2D eigenvalue weighted by Crippen LogP contribution is 2.22. The lowest BCUT2D eigenvalue weighted by atomic mass is 9.95. The maximum Gasteiger partial charge on any atom is 0.254 e. The summed E-state index contributed by atoms with van der Waals surface area (Å²) in [7, 11) is 1.76. The molecule has 1 aromatic rings. The molecule has 2 amide bonds. The van der Waals surface area contributed by atoms with Gasteiger partial charge in [-0.15, -0.1) is 0 Å². The maximum absolute atomic E-state index is 12.9. The Balaban J connectivity index is 2.23. The lowest BCUT2D eigenvalue weighted by Gasteiger charge is -2.38. The first kappa shape index (κ1) is 17.5. The highest BCUT2D eigenvalue weighted by atomic mass is 16.2. The average molecular weight is 317 g/mol. The minimum absolute atomic E-state index is 0.0270. The molecule has 0 saturated carbocycles. The third-order valence-corrected chi connectivity index (χ3v) is 4.59. The molecule has 1 aromatic carbocycles. The molecule has 0 aliphatic carbocycles. The van der Waals surface area contributed by atoms with Crippen LogP contribution < -0.4 is 5.73 Å². The van der Waals surface area contributed by atoms with Crippen LogP contribution in [0.1, 0.15) is 53.8 Å². The number of likely N-dealkylation sites (tertiary alicyclic amines) is 1. The second kappa shape index (κ2) is 7.59. The molecule has 2 atom stereocenters. The topological polar surface area (TPSA) is 66.6 Å². The average Bonchev–Trinajstić information content (AvgIpc) is 2.59. The van der Waals surface area contributed by atoms with Crippen LogP contribution >= 0.6 is 0 Å². The van der Waals surface area contributed by atoms with Gasteiger partial charge in [-0.1, -0.05) is 6.07 Å². The van der Waals surface area contributed by atoms with E-state index in [2.05, 4.69) is 0 Å². The molecule has 0 radical (unpaired) electrons. The van der Waals surface area contributed by atoms with Crippen LogP contribution in [0.2, 0.25) is 0 Å².